The van der Waals surface area contributed by atoms with Crippen LogP contribution < -0.4 is 5.73 Å². The first-order valence-corrected chi connectivity index (χ1v) is 21.1. The van der Waals surface area contributed by atoms with E-state index in [2.05, 4.69) is 15.0 Å². The first-order valence-electron chi connectivity index (χ1n) is 17.1. The smallest absolute Gasteiger partial charge is 0.462 e. The molecular weight excluding hydrogens is 828 g/mol. The maximum absolute atomic E-state index is 13.5. The highest BCUT2D eigenvalue weighted by atomic mass is 32.5. The van der Waals surface area contributed by atoms with E-state index in [1.807, 2.05) is 0 Å². The van der Waals surface area contributed by atoms with Crippen molar-refractivity contribution in [1.82, 2.24) is 19.5 Å². The Hall–Kier alpha value is -3.29. The van der Waals surface area contributed by atoms with Gasteiger partial charge in [-0.15, -0.1) is 0 Å². The Balaban J connectivity index is 1.37. The fourth-order valence-electron chi connectivity index (χ4n) is 6.80. The number of methoxy groups -OCH3 is 1. The zero-order valence-corrected chi connectivity index (χ0v) is 33.9. The van der Waals surface area contributed by atoms with Gasteiger partial charge in [-0.3, -0.25) is 28.3 Å². The molecule has 1 saturated carbocycles. The summed E-state index contributed by atoms with van der Waals surface area (Å²) in [6.07, 6.45) is -10.4. The van der Waals surface area contributed by atoms with Crippen LogP contribution in [0.3, 0.4) is 0 Å². The molecule has 1 aliphatic carbocycles. The fourth-order valence-corrected chi connectivity index (χ4v) is 9.95. The first kappa shape index (κ1) is 44.8. The number of anilines is 1. The van der Waals surface area contributed by atoms with E-state index in [0.717, 1.165) is 27.7 Å². The van der Waals surface area contributed by atoms with Crippen molar-refractivity contribution in [2.75, 3.05) is 26.1 Å². The molecule has 0 aromatic carbocycles. The summed E-state index contributed by atoms with van der Waals surface area (Å²) in [6, 6.07) is 0. The minimum atomic E-state index is -5.70. The van der Waals surface area contributed by atoms with Crippen LogP contribution in [0.15, 0.2) is 12.7 Å². The second-order valence-electron chi connectivity index (χ2n) is 13.6. The van der Waals surface area contributed by atoms with E-state index in [4.69, 9.17) is 64.1 Å². The van der Waals surface area contributed by atoms with Crippen LogP contribution in [0, 0.1) is 5.92 Å². The Morgan fingerprint density at radius 2 is 1.68 bits per heavy atom. The molecule has 3 fully saturated rings. The van der Waals surface area contributed by atoms with E-state index in [9.17, 15) is 43.7 Å². The second kappa shape index (κ2) is 17.1. The Kier molecular flexibility index (Phi) is 13.5. The SMILES string of the molecule is CO[C@@]1(C2CC2)[C@H](n2cnc3c(N)ncnc32)O[C@](C)(COP(O)(=S)OP(=O)(O)OC2OC([C@H](COC(C)=O)OC(C)=O)C(OC(C)=O)C(O)C2OC(C)=O)[C@H]1O. The second-order valence-corrected chi connectivity index (χ2v) is 17.9. The van der Waals surface area contributed by atoms with Gasteiger partial charge in [-0.2, -0.15) is 0 Å². The number of hydrogen-bond acceptors (Lipinski definition) is 22. The minimum absolute atomic E-state index is 0.0878. The number of nitrogen functional groups attached to an aromatic ring is 1. The first-order chi connectivity index (χ1) is 26.5. The minimum Gasteiger partial charge on any atom is -0.462 e. The lowest BCUT2D eigenvalue weighted by Crippen LogP contribution is -2.64. The number of aliphatic hydroxyl groups excluding tert-OH is 2. The molecule has 57 heavy (non-hydrogen) atoms. The van der Waals surface area contributed by atoms with Crippen LogP contribution in [0.25, 0.3) is 11.2 Å². The molecule has 2 aliphatic heterocycles. The largest absolute Gasteiger partial charge is 0.481 e. The van der Waals surface area contributed by atoms with Gasteiger partial charge in [0.25, 0.3) is 0 Å². The van der Waals surface area contributed by atoms with E-state index in [-0.39, 0.29) is 22.9 Å². The van der Waals surface area contributed by atoms with E-state index in [1.54, 1.807) is 0 Å². The van der Waals surface area contributed by atoms with E-state index < -0.39 is 112 Å². The van der Waals surface area contributed by atoms with E-state index in [1.165, 1.54) is 31.3 Å². The monoisotopic (exact) mass is 871 g/mol. The molecule has 318 valence electrons. The third-order valence-corrected chi connectivity index (χ3v) is 12.7. The molecule has 0 bridgehead atoms. The molecule has 12 atom stereocenters. The lowest BCUT2D eigenvalue weighted by atomic mass is 9.83. The molecule has 2 saturated heterocycles. The van der Waals surface area contributed by atoms with Gasteiger partial charge >= 0.3 is 38.4 Å². The summed E-state index contributed by atoms with van der Waals surface area (Å²) in [4.78, 5) is 82.0. The molecular formula is C30H43N5O19P2S. The molecule has 6 N–H and O–H groups in total. The predicted molar refractivity (Wildman–Crippen MR) is 189 cm³/mol. The molecule has 0 amide bonds. The summed E-state index contributed by atoms with van der Waals surface area (Å²) in [7, 11) is -4.32. The summed E-state index contributed by atoms with van der Waals surface area (Å²) >= 11 is 5.03. The van der Waals surface area contributed by atoms with Crippen LogP contribution in [-0.4, -0.2) is 138 Å². The zero-order chi connectivity index (χ0) is 42.2. The number of aromatic nitrogens is 4. The van der Waals surface area contributed by atoms with Crippen LogP contribution in [0.2, 0.25) is 0 Å². The molecule has 3 aliphatic rings. The lowest BCUT2D eigenvalue weighted by molar-refractivity contribution is -0.299. The summed E-state index contributed by atoms with van der Waals surface area (Å²) in [5.74, 6) is -3.99. The number of ether oxygens (including phenoxy) is 7. The average Bonchev–Trinajstić information content (AvgIpc) is 3.81. The quantitative estimate of drug-likeness (QED) is 0.0818. The van der Waals surface area contributed by atoms with Gasteiger partial charge in [0, 0.05) is 34.8 Å². The number of phosphoric ester groups is 1. The predicted octanol–water partition coefficient (Wildman–Crippen LogP) is -0.337. The number of carbonyl (C=O) groups excluding carboxylic acids is 4. The third-order valence-electron chi connectivity index (χ3n) is 9.23. The van der Waals surface area contributed by atoms with Crippen molar-refractivity contribution in [3.8, 4) is 0 Å². The molecule has 4 heterocycles. The lowest BCUT2D eigenvalue weighted by Gasteiger charge is -2.44. The van der Waals surface area contributed by atoms with Crippen molar-refractivity contribution in [2.24, 2.45) is 5.92 Å². The molecule has 24 nitrogen and oxygen atoms in total. The normalized spacial score (nSPS) is 32.8. The van der Waals surface area contributed by atoms with Crippen molar-refractivity contribution in [3.05, 3.63) is 12.7 Å². The number of esters is 4. The van der Waals surface area contributed by atoms with Gasteiger partial charge < -0.3 is 63.4 Å². The van der Waals surface area contributed by atoms with Crippen LogP contribution >= 0.6 is 14.5 Å². The highest BCUT2D eigenvalue weighted by molar-refractivity contribution is 8.08. The number of carbonyl (C=O) groups is 4. The van der Waals surface area contributed by atoms with Gasteiger partial charge in [-0.05, 0) is 37.5 Å². The number of aliphatic hydroxyl groups is 2. The maximum atomic E-state index is 13.5. The molecule has 5 rings (SSSR count). The summed E-state index contributed by atoms with van der Waals surface area (Å²) < 4.78 is 68.8. The topological polar surface area (TPSA) is 328 Å². The Bertz CT molecular complexity index is 1950. The average molecular weight is 872 g/mol. The molecule has 2 aromatic rings. The molecule has 0 radical (unpaired) electrons. The Morgan fingerprint density at radius 1 is 1.04 bits per heavy atom. The summed E-state index contributed by atoms with van der Waals surface area (Å²) in [5.41, 5.74) is 3.31. The van der Waals surface area contributed by atoms with E-state index >= 15 is 0 Å². The zero-order valence-electron chi connectivity index (χ0n) is 31.3. The van der Waals surface area contributed by atoms with Crippen molar-refractivity contribution < 1.29 is 90.3 Å². The number of nitrogens with zero attached hydrogens (tertiary/aromatic N) is 4. The number of hydrogen-bond donors (Lipinski definition) is 5. The standard InChI is InChI=1S/C30H43N5O19P2S/c1-13(36)46-9-18(48-14(2)37)21-22(49-15(3)38)20(40)23(50-16(4)39)26(51-21)53-55(42,43)54-56(44,57)47-10-29(5)27(41)30(45-6,17-7-8-17)28(52-29)35-12-34-19-24(31)32-11-33-25(19)35/h11-12,17-18,20-23,26-28,40-41H,7-10H2,1-6H3,(H,42,43)(H,44,57)(H2,31,32,33)/t18-,20?,21?,22?,23?,26?,27+,28+,29+,30+,56?/m0/s1. The van der Waals surface area contributed by atoms with Gasteiger partial charge in [-0.25, -0.2) is 23.8 Å². The fraction of sp³-hybridized carbons (Fsp3) is 0.700. The Morgan fingerprint density at radius 3 is 2.26 bits per heavy atom. The highest BCUT2D eigenvalue weighted by Crippen LogP contribution is 2.63. The summed E-state index contributed by atoms with van der Waals surface area (Å²) in [6.45, 7) is -1.09. The van der Waals surface area contributed by atoms with Crippen molar-refractivity contribution >= 4 is 67.2 Å². The Labute approximate surface area is 329 Å². The van der Waals surface area contributed by atoms with Crippen LogP contribution in [0.4, 0.5) is 5.82 Å². The summed E-state index contributed by atoms with van der Waals surface area (Å²) in [5, 5.41) is 23.1. The molecule has 7 unspecified atom stereocenters. The van der Waals surface area contributed by atoms with Gasteiger partial charge in [-0.1, -0.05) is 0 Å². The van der Waals surface area contributed by atoms with Crippen molar-refractivity contribution in [3.63, 3.8) is 0 Å². The van der Waals surface area contributed by atoms with Gasteiger partial charge in [0.05, 0.1) is 12.9 Å². The molecule has 0 spiro atoms. The van der Waals surface area contributed by atoms with Crippen molar-refractivity contribution in [2.45, 2.75) is 108 Å². The van der Waals surface area contributed by atoms with Gasteiger partial charge in [0.2, 0.25) is 6.29 Å². The number of imidazole rings is 1. The molecule has 2 aromatic heterocycles. The third kappa shape index (κ3) is 9.78. The highest BCUT2D eigenvalue weighted by Gasteiger charge is 2.69. The number of phosphoric acid groups is 1. The molecule has 27 heteroatoms. The van der Waals surface area contributed by atoms with Crippen LogP contribution in [0.1, 0.15) is 53.7 Å². The van der Waals surface area contributed by atoms with Crippen molar-refractivity contribution in [1.29, 1.82) is 0 Å². The van der Waals surface area contributed by atoms with Gasteiger partial charge in [0.15, 0.2) is 36.0 Å². The van der Waals surface area contributed by atoms with E-state index in [0.29, 0.717) is 12.8 Å². The van der Waals surface area contributed by atoms with Crippen LogP contribution in [0.5, 0.6) is 0 Å². The van der Waals surface area contributed by atoms with Gasteiger partial charge in [0.1, 0.15) is 48.0 Å². The number of rotatable bonds is 16. The number of fused-ring (bicyclic) bond motifs is 1. The van der Waals surface area contributed by atoms with Crippen LogP contribution in [-0.2, 0) is 82.1 Å². The number of nitrogens with two attached hydrogens (primary N) is 1. The maximum Gasteiger partial charge on any atom is 0.481 e.